The number of benzene rings is 2. The summed E-state index contributed by atoms with van der Waals surface area (Å²) in [5, 5.41) is 0. The Kier molecular flexibility index (Phi) is 5.68. The minimum atomic E-state index is -3.57. The van der Waals surface area contributed by atoms with Gasteiger partial charge < -0.3 is 4.74 Å². The molecule has 0 unspecified atom stereocenters. The van der Waals surface area contributed by atoms with Crippen LogP contribution < -0.4 is 4.74 Å². The van der Waals surface area contributed by atoms with Gasteiger partial charge in [-0.1, -0.05) is 25.0 Å². The van der Waals surface area contributed by atoms with E-state index in [1.165, 1.54) is 46.8 Å². The average Bonchev–Trinajstić information content (AvgIpc) is 2.94. The van der Waals surface area contributed by atoms with Crippen LogP contribution in [-0.4, -0.2) is 31.8 Å². The summed E-state index contributed by atoms with van der Waals surface area (Å²) >= 11 is 0. The normalized spacial score (nSPS) is 16.0. The molecule has 138 valence electrons. The van der Waals surface area contributed by atoms with Crippen molar-refractivity contribution in [2.45, 2.75) is 30.6 Å². The van der Waals surface area contributed by atoms with Crippen LogP contribution in [0.25, 0.3) is 0 Å². The minimum absolute atomic E-state index is 0.141. The van der Waals surface area contributed by atoms with E-state index in [2.05, 4.69) is 0 Å². The molecule has 1 aliphatic heterocycles. The second-order valence-corrected chi connectivity index (χ2v) is 8.10. The highest BCUT2D eigenvalue weighted by Crippen LogP contribution is 2.22. The summed E-state index contributed by atoms with van der Waals surface area (Å²) in [6.45, 7) is 1.03. The third-order valence-corrected chi connectivity index (χ3v) is 6.25. The van der Waals surface area contributed by atoms with Crippen molar-refractivity contribution < 1.29 is 22.3 Å². The maximum Gasteiger partial charge on any atom is 0.343 e. The van der Waals surface area contributed by atoms with Crippen LogP contribution >= 0.6 is 0 Å². The first-order valence-corrected chi connectivity index (χ1v) is 9.99. The number of hydrogen-bond donors (Lipinski definition) is 0. The molecule has 1 saturated heterocycles. The first-order valence-electron chi connectivity index (χ1n) is 8.55. The molecule has 0 spiro atoms. The third-order valence-electron chi connectivity index (χ3n) is 4.33. The van der Waals surface area contributed by atoms with Crippen LogP contribution in [0.5, 0.6) is 5.75 Å². The SMILES string of the molecule is O=C(Oc1ccccc1F)c1ccc(S(=O)(=O)N2CCCCCC2)cc1. The minimum Gasteiger partial charge on any atom is -0.420 e. The summed E-state index contributed by atoms with van der Waals surface area (Å²) in [6.07, 6.45) is 3.78. The van der Waals surface area contributed by atoms with Crippen molar-refractivity contribution in [2.75, 3.05) is 13.1 Å². The summed E-state index contributed by atoms with van der Waals surface area (Å²) in [6, 6.07) is 11.1. The quantitative estimate of drug-likeness (QED) is 0.603. The molecule has 2 aromatic rings. The highest BCUT2D eigenvalue weighted by atomic mass is 32.2. The van der Waals surface area contributed by atoms with Crippen molar-refractivity contribution in [2.24, 2.45) is 0 Å². The Bertz CT molecular complexity index is 873. The van der Waals surface area contributed by atoms with Gasteiger partial charge in [-0.2, -0.15) is 4.31 Å². The monoisotopic (exact) mass is 377 g/mol. The van der Waals surface area contributed by atoms with Crippen molar-refractivity contribution in [3.63, 3.8) is 0 Å². The highest BCUT2D eigenvalue weighted by molar-refractivity contribution is 7.89. The molecule has 0 bridgehead atoms. The number of sulfonamides is 1. The molecule has 26 heavy (non-hydrogen) atoms. The summed E-state index contributed by atoms with van der Waals surface area (Å²) < 4.78 is 45.5. The summed E-state index contributed by atoms with van der Waals surface area (Å²) in [4.78, 5) is 12.3. The Morgan fingerprint density at radius 3 is 2.15 bits per heavy atom. The van der Waals surface area contributed by atoms with E-state index < -0.39 is 21.8 Å². The zero-order valence-electron chi connectivity index (χ0n) is 14.2. The van der Waals surface area contributed by atoms with E-state index >= 15 is 0 Å². The lowest BCUT2D eigenvalue weighted by Crippen LogP contribution is -2.31. The van der Waals surface area contributed by atoms with Gasteiger partial charge in [-0.15, -0.1) is 0 Å². The Hall–Kier alpha value is -2.25. The van der Waals surface area contributed by atoms with Crippen LogP contribution in [0, 0.1) is 5.82 Å². The third kappa shape index (κ3) is 4.11. The first-order chi connectivity index (χ1) is 12.5. The van der Waals surface area contributed by atoms with Gasteiger partial charge in [-0.3, -0.25) is 0 Å². The van der Waals surface area contributed by atoms with E-state index in [1.807, 2.05) is 0 Å². The standard InChI is InChI=1S/C19H20FNO4S/c20-17-7-3-4-8-18(17)25-19(22)15-9-11-16(12-10-15)26(23,24)21-13-5-1-2-6-14-21/h3-4,7-12H,1-2,5-6,13-14H2. The maximum absolute atomic E-state index is 13.6. The van der Waals surface area contributed by atoms with Gasteiger partial charge in [0.1, 0.15) is 0 Å². The van der Waals surface area contributed by atoms with Gasteiger partial charge in [0.2, 0.25) is 10.0 Å². The van der Waals surface area contributed by atoms with E-state index in [1.54, 1.807) is 6.07 Å². The average molecular weight is 377 g/mol. The zero-order chi connectivity index (χ0) is 18.6. The van der Waals surface area contributed by atoms with Crippen molar-refractivity contribution >= 4 is 16.0 Å². The van der Waals surface area contributed by atoms with Crippen molar-refractivity contribution in [1.29, 1.82) is 0 Å². The predicted octanol–water partition coefficient (Wildman–Crippen LogP) is 3.61. The maximum atomic E-state index is 13.6. The molecule has 0 radical (unpaired) electrons. The molecule has 7 heteroatoms. The lowest BCUT2D eigenvalue weighted by atomic mass is 10.2. The fourth-order valence-corrected chi connectivity index (χ4v) is 4.40. The molecule has 0 amide bonds. The van der Waals surface area contributed by atoms with Crippen LogP contribution in [0.2, 0.25) is 0 Å². The molecule has 0 atom stereocenters. The number of halogens is 1. The Morgan fingerprint density at radius 1 is 0.923 bits per heavy atom. The van der Waals surface area contributed by atoms with Gasteiger partial charge in [0, 0.05) is 13.1 Å². The van der Waals surface area contributed by atoms with Crippen molar-refractivity contribution in [3.05, 3.63) is 59.9 Å². The summed E-state index contributed by atoms with van der Waals surface area (Å²) in [7, 11) is -3.57. The molecule has 0 aromatic heterocycles. The number of esters is 1. The molecule has 0 N–H and O–H groups in total. The fraction of sp³-hybridized carbons (Fsp3) is 0.316. The fourth-order valence-electron chi connectivity index (χ4n) is 2.88. The lowest BCUT2D eigenvalue weighted by molar-refractivity contribution is 0.0727. The van der Waals surface area contributed by atoms with Crippen LogP contribution in [0.1, 0.15) is 36.0 Å². The van der Waals surface area contributed by atoms with Crippen molar-refractivity contribution in [1.82, 2.24) is 4.31 Å². The molecular formula is C19H20FNO4S. The number of ether oxygens (including phenoxy) is 1. The summed E-state index contributed by atoms with van der Waals surface area (Å²) in [5.74, 6) is -1.55. The number of nitrogens with zero attached hydrogens (tertiary/aromatic N) is 1. The first kappa shape index (κ1) is 18.5. The molecular weight excluding hydrogens is 357 g/mol. The number of hydrogen-bond acceptors (Lipinski definition) is 4. The molecule has 0 saturated carbocycles. The predicted molar refractivity (Wildman–Crippen MR) is 95.0 cm³/mol. The molecule has 0 aliphatic carbocycles. The van der Waals surface area contributed by atoms with Gasteiger partial charge in [0.15, 0.2) is 11.6 Å². The molecule has 5 nitrogen and oxygen atoms in total. The van der Waals surface area contributed by atoms with E-state index in [4.69, 9.17) is 4.74 Å². The van der Waals surface area contributed by atoms with Gasteiger partial charge in [0.05, 0.1) is 10.5 Å². The second-order valence-electron chi connectivity index (χ2n) is 6.16. The molecule has 2 aromatic carbocycles. The Balaban J connectivity index is 1.75. The van der Waals surface area contributed by atoms with E-state index in [0.717, 1.165) is 25.7 Å². The van der Waals surface area contributed by atoms with Gasteiger partial charge in [-0.25, -0.2) is 17.6 Å². The lowest BCUT2D eigenvalue weighted by Gasteiger charge is -2.20. The van der Waals surface area contributed by atoms with E-state index in [9.17, 15) is 17.6 Å². The number of carbonyl (C=O) groups is 1. The van der Waals surface area contributed by atoms with Crippen LogP contribution in [-0.2, 0) is 10.0 Å². The Labute approximate surface area is 152 Å². The molecule has 1 heterocycles. The molecule has 3 rings (SSSR count). The number of rotatable bonds is 4. The van der Waals surface area contributed by atoms with E-state index in [-0.39, 0.29) is 16.2 Å². The van der Waals surface area contributed by atoms with Gasteiger partial charge in [0.25, 0.3) is 0 Å². The number of carbonyl (C=O) groups excluding carboxylic acids is 1. The molecule has 1 fully saturated rings. The van der Waals surface area contributed by atoms with Crippen LogP contribution in [0.15, 0.2) is 53.4 Å². The van der Waals surface area contributed by atoms with Gasteiger partial charge >= 0.3 is 5.97 Å². The summed E-state index contributed by atoms with van der Waals surface area (Å²) in [5.41, 5.74) is 0.156. The van der Waals surface area contributed by atoms with E-state index in [0.29, 0.717) is 13.1 Å². The smallest absolute Gasteiger partial charge is 0.343 e. The van der Waals surface area contributed by atoms with Gasteiger partial charge in [-0.05, 0) is 49.2 Å². The number of para-hydroxylation sites is 1. The highest BCUT2D eigenvalue weighted by Gasteiger charge is 2.25. The van der Waals surface area contributed by atoms with Crippen molar-refractivity contribution in [3.8, 4) is 5.75 Å². The zero-order valence-corrected chi connectivity index (χ0v) is 15.0. The van der Waals surface area contributed by atoms with Crippen LogP contribution in [0.3, 0.4) is 0 Å². The largest absolute Gasteiger partial charge is 0.420 e. The second kappa shape index (κ2) is 7.97. The van der Waals surface area contributed by atoms with Crippen LogP contribution in [0.4, 0.5) is 4.39 Å². The topological polar surface area (TPSA) is 63.7 Å². The molecule has 1 aliphatic rings. The Morgan fingerprint density at radius 2 is 1.54 bits per heavy atom.